The number of hydrogen-bond acceptors (Lipinski definition) is 5. The average Bonchev–Trinajstić information content (AvgIpc) is 3.24. The van der Waals surface area contributed by atoms with E-state index < -0.39 is 0 Å². The molecule has 1 atom stereocenters. The number of aromatic nitrogens is 3. The minimum atomic E-state index is -0.0441. The van der Waals surface area contributed by atoms with E-state index in [0.717, 1.165) is 18.5 Å². The topological polar surface area (TPSA) is 83.1 Å². The largest absolute Gasteiger partial charge is 0.466 e. The second kappa shape index (κ2) is 7.44. The Balaban J connectivity index is 1.53. The lowest BCUT2D eigenvalue weighted by molar-refractivity contribution is 0.0950. The molecule has 1 aliphatic rings. The predicted octanol–water partition coefficient (Wildman–Crippen LogP) is 1.69. The Bertz CT molecular complexity index is 683. The van der Waals surface area contributed by atoms with E-state index in [9.17, 15) is 4.79 Å². The number of amides is 1. The van der Waals surface area contributed by atoms with Crippen LogP contribution in [0.25, 0.3) is 11.4 Å². The van der Waals surface area contributed by atoms with Crippen molar-refractivity contribution in [2.75, 3.05) is 27.2 Å². The highest BCUT2D eigenvalue weighted by atomic mass is 16.5. The third kappa shape index (κ3) is 3.73. The van der Waals surface area contributed by atoms with Gasteiger partial charge in [-0.05, 0) is 45.0 Å². The molecule has 0 saturated carbocycles. The van der Waals surface area contributed by atoms with Gasteiger partial charge in [0.25, 0.3) is 5.91 Å². The molecule has 1 aliphatic heterocycles. The van der Waals surface area contributed by atoms with Gasteiger partial charge in [0, 0.05) is 23.7 Å². The van der Waals surface area contributed by atoms with Crippen LogP contribution >= 0.6 is 0 Å². The fourth-order valence-corrected chi connectivity index (χ4v) is 3.04. The number of H-pyrrole nitrogens is 1. The van der Waals surface area contributed by atoms with Crippen LogP contribution in [-0.2, 0) is 0 Å². The minimum absolute atomic E-state index is 0.0441. The molecule has 7 heteroatoms. The van der Waals surface area contributed by atoms with Crippen molar-refractivity contribution >= 4 is 5.91 Å². The molecule has 2 heterocycles. The van der Waals surface area contributed by atoms with Gasteiger partial charge in [-0.25, -0.2) is 0 Å². The molecule has 1 fully saturated rings. The number of carbonyl (C=O) groups excluding carboxylic acids is 1. The lowest BCUT2D eigenvalue weighted by Gasteiger charge is -2.19. The van der Waals surface area contributed by atoms with Crippen LogP contribution in [0.5, 0.6) is 6.01 Å². The summed E-state index contributed by atoms with van der Waals surface area (Å²) >= 11 is 0. The Morgan fingerprint density at radius 2 is 2.21 bits per heavy atom. The number of nitrogens with zero attached hydrogens (tertiary/aromatic N) is 3. The van der Waals surface area contributed by atoms with Crippen molar-refractivity contribution in [2.24, 2.45) is 0 Å². The summed E-state index contributed by atoms with van der Waals surface area (Å²) in [6.07, 6.45) is 3.48. The third-order valence-corrected chi connectivity index (χ3v) is 4.50. The molecule has 1 amide bonds. The fourth-order valence-electron chi connectivity index (χ4n) is 3.04. The van der Waals surface area contributed by atoms with Crippen LogP contribution in [0.1, 0.15) is 29.6 Å². The molecule has 128 valence electrons. The molecule has 0 aliphatic carbocycles. The van der Waals surface area contributed by atoms with Crippen LogP contribution < -0.4 is 10.1 Å². The fraction of sp³-hybridized carbons (Fsp3) is 0.471. The van der Waals surface area contributed by atoms with Crippen LogP contribution in [-0.4, -0.2) is 59.3 Å². The lowest BCUT2D eigenvalue weighted by atomic mass is 10.1. The highest BCUT2D eigenvalue weighted by Gasteiger charge is 2.20. The van der Waals surface area contributed by atoms with E-state index >= 15 is 0 Å². The van der Waals surface area contributed by atoms with Gasteiger partial charge in [0.05, 0.1) is 7.11 Å². The summed E-state index contributed by atoms with van der Waals surface area (Å²) in [5.41, 5.74) is 1.50. The zero-order valence-corrected chi connectivity index (χ0v) is 14.1. The third-order valence-electron chi connectivity index (χ3n) is 4.50. The standard InChI is InChI=1S/C17H23N5O2/c1-22-11-3-4-14(22)9-10-18-16(23)13-7-5-12(6-8-13)15-19-17(24-2)21-20-15/h5-8,14H,3-4,9-11H2,1-2H3,(H,18,23)(H,19,20,21)/t14-/m1/s1. The Morgan fingerprint density at radius 1 is 1.42 bits per heavy atom. The molecule has 0 radical (unpaired) electrons. The molecular formula is C17H23N5O2. The lowest BCUT2D eigenvalue weighted by Crippen LogP contribution is -2.31. The van der Waals surface area contributed by atoms with Crippen molar-refractivity contribution in [1.29, 1.82) is 0 Å². The van der Waals surface area contributed by atoms with Gasteiger partial charge < -0.3 is 15.0 Å². The molecule has 0 unspecified atom stereocenters. The van der Waals surface area contributed by atoms with Crippen LogP contribution in [0.4, 0.5) is 0 Å². The first kappa shape index (κ1) is 16.4. The number of methoxy groups -OCH3 is 1. The second-order valence-electron chi connectivity index (χ2n) is 6.07. The number of rotatable bonds is 6. The quantitative estimate of drug-likeness (QED) is 0.843. The van der Waals surface area contributed by atoms with Crippen molar-refractivity contribution in [3.63, 3.8) is 0 Å². The number of aromatic amines is 1. The van der Waals surface area contributed by atoms with Crippen molar-refractivity contribution < 1.29 is 9.53 Å². The van der Waals surface area contributed by atoms with Gasteiger partial charge in [-0.3, -0.25) is 9.89 Å². The Labute approximate surface area is 141 Å². The average molecular weight is 329 g/mol. The van der Waals surface area contributed by atoms with E-state index in [2.05, 4.69) is 32.4 Å². The van der Waals surface area contributed by atoms with E-state index in [1.807, 2.05) is 12.1 Å². The highest BCUT2D eigenvalue weighted by Crippen LogP contribution is 2.18. The molecule has 1 saturated heterocycles. The smallest absolute Gasteiger partial charge is 0.335 e. The molecule has 0 bridgehead atoms. The molecule has 0 spiro atoms. The maximum Gasteiger partial charge on any atom is 0.335 e. The Hall–Kier alpha value is -2.41. The Morgan fingerprint density at radius 3 is 2.83 bits per heavy atom. The van der Waals surface area contributed by atoms with Crippen LogP contribution in [0.2, 0.25) is 0 Å². The van der Waals surface area contributed by atoms with Gasteiger partial charge in [0.15, 0.2) is 5.82 Å². The zero-order valence-electron chi connectivity index (χ0n) is 14.1. The predicted molar refractivity (Wildman–Crippen MR) is 91.0 cm³/mol. The number of carbonyl (C=O) groups is 1. The number of nitrogens with one attached hydrogen (secondary N) is 2. The first-order chi connectivity index (χ1) is 11.7. The first-order valence-electron chi connectivity index (χ1n) is 8.22. The van der Waals surface area contributed by atoms with E-state index in [1.165, 1.54) is 20.0 Å². The number of ether oxygens (including phenoxy) is 1. The van der Waals surface area contributed by atoms with Crippen molar-refractivity contribution in [1.82, 2.24) is 25.4 Å². The summed E-state index contributed by atoms with van der Waals surface area (Å²) in [5, 5.41) is 9.71. The summed E-state index contributed by atoms with van der Waals surface area (Å²) in [5.74, 6) is 0.570. The summed E-state index contributed by atoms with van der Waals surface area (Å²) in [7, 11) is 3.67. The molecular weight excluding hydrogens is 306 g/mol. The van der Waals surface area contributed by atoms with Crippen LogP contribution in [0.15, 0.2) is 24.3 Å². The SMILES string of the molecule is COc1n[nH]c(-c2ccc(C(=O)NCC[C@H]3CCCN3C)cc2)n1. The molecule has 1 aromatic carbocycles. The zero-order chi connectivity index (χ0) is 16.9. The van der Waals surface area contributed by atoms with Gasteiger partial charge in [-0.1, -0.05) is 12.1 Å². The minimum Gasteiger partial charge on any atom is -0.466 e. The normalized spacial score (nSPS) is 17.8. The number of benzene rings is 1. The Kier molecular flexibility index (Phi) is 5.10. The van der Waals surface area contributed by atoms with E-state index in [1.54, 1.807) is 12.1 Å². The van der Waals surface area contributed by atoms with Crippen molar-refractivity contribution in [2.45, 2.75) is 25.3 Å². The molecule has 2 aromatic rings. The van der Waals surface area contributed by atoms with Gasteiger partial charge >= 0.3 is 6.01 Å². The van der Waals surface area contributed by atoms with Gasteiger partial charge in [-0.2, -0.15) is 4.98 Å². The van der Waals surface area contributed by atoms with Gasteiger partial charge in [0.1, 0.15) is 0 Å². The summed E-state index contributed by atoms with van der Waals surface area (Å²) < 4.78 is 4.95. The van der Waals surface area contributed by atoms with Crippen LogP contribution in [0, 0.1) is 0 Å². The maximum absolute atomic E-state index is 12.2. The van der Waals surface area contributed by atoms with Crippen LogP contribution in [0.3, 0.4) is 0 Å². The maximum atomic E-state index is 12.2. The number of likely N-dealkylation sites (tertiary alicyclic amines) is 1. The van der Waals surface area contributed by atoms with E-state index in [-0.39, 0.29) is 5.91 Å². The number of hydrogen-bond donors (Lipinski definition) is 2. The summed E-state index contributed by atoms with van der Waals surface area (Å²) in [4.78, 5) is 18.8. The molecule has 24 heavy (non-hydrogen) atoms. The monoisotopic (exact) mass is 329 g/mol. The van der Waals surface area contributed by atoms with Crippen molar-refractivity contribution in [3.05, 3.63) is 29.8 Å². The molecule has 2 N–H and O–H groups in total. The highest BCUT2D eigenvalue weighted by molar-refractivity contribution is 5.94. The molecule has 3 rings (SSSR count). The van der Waals surface area contributed by atoms with Crippen molar-refractivity contribution in [3.8, 4) is 17.4 Å². The summed E-state index contributed by atoms with van der Waals surface area (Å²) in [6.45, 7) is 1.86. The molecule has 1 aromatic heterocycles. The first-order valence-corrected chi connectivity index (χ1v) is 8.22. The summed E-state index contributed by atoms with van der Waals surface area (Å²) in [6, 6.07) is 8.17. The van der Waals surface area contributed by atoms with Gasteiger partial charge in [0.2, 0.25) is 0 Å². The second-order valence-corrected chi connectivity index (χ2v) is 6.07. The van der Waals surface area contributed by atoms with E-state index in [0.29, 0.717) is 30.0 Å². The van der Waals surface area contributed by atoms with Gasteiger partial charge in [-0.15, -0.1) is 5.10 Å². The van der Waals surface area contributed by atoms with E-state index in [4.69, 9.17) is 4.74 Å². The molecule has 7 nitrogen and oxygen atoms in total.